The van der Waals surface area contributed by atoms with Gasteiger partial charge in [0.2, 0.25) is 10.0 Å². The lowest BCUT2D eigenvalue weighted by atomic mass is 10.2. The molecule has 0 radical (unpaired) electrons. The number of ether oxygens (including phenoxy) is 2. The molecule has 1 aromatic rings. The van der Waals surface area contributed by atoms with Crippen molar-refractivity contribution in [2.75, 3.05) is 39.6 Å². The Labute approximate surface area is 136 Å². The van der Waals surface area contributed by atoms with Crippen LogP contribution in [0.15, 0.2) is 18.2 Å². The van der Waals surface area contributed by atoms with E-state index in [1.165, 1.54) is 18.5 Å². The zero-order valence-electron chi connectivity index (χ0n) is 13.4. The average molecular weight is 342 g/mol. The van der Waals surface area contributed by atoms with Gasteiger partial charge in [-0.15, -0.1) is 0 Å². The second-order valence-corrected chi connectivity index (χ2v) is 7.34. The molecule has 1 heterocycles. The molecule has 0 spiro atoms. The maximum Gasteiger partial charge on any atom is 0.251 e. The van der Waals surface area contributed by atoms with Crippen molar-refractivity contribution in [2.24, 2.45) is 0 Å². The van der Waals surface area contributed by atoms with Crippen LogP contribution in [0, 0.1) is 0 Å². The van der Waals surface area contributed by atoms with Crippen LogP contribution in [0.3, 0.4) is 0 Å². The fourth-order valence-electron chi connectivity index (χ4n) is 2.47. The molecule has 1 aliphatic rings. The summed E-state index contributed by atoms with van der Waals surface area (Å²) in [4.78, 5) is 12.1. The largest absolute Gasteiger partial charge is 0.493 e. The van der Waals surface area contributed by atoms with Crippen molar-refractivity contribution in [1.82, 2.24) is 9.62 Å². The highest BCUT2D eigenvalue weighted by Crippen LogP contribution is 2.27. The van der Waals surface area contributed by atoms with Gasteiger partial charge in [0.25, 0.3) is 5.91 Å². The minimum Gasteiger partial charge on any atom is -0.493 e. The molecule has 0 unspecified atom stereocenters. The van der Waals surface area contributed by atoms with Crippen molar-refractivity contribution >= 4 is 15.9 Å². The van der Waals surface area contributed by atoms with E-state index in [0.29, 0.717) is 30.2 Å². The van der Waals surface area contributed by atoms with Crippen molar-refractivity contribution in [3.8, 4) is 11.5 Å². The van der Waals surface area contributed by atoms with Crippen LogP contribution in [-0.2, 0) is 10.0 Å². The van der Waals surface area contributed by atoms with Gasteiger partial charge < -0.3 is 14.8 Å². The first-order valence-corrected chi connectivity index (χ1v) is 9.07. The number of amides is 1. The SMILES string of the molecule is COc1ccc(C(=O)NCCS(=O)(=O)N2CCCC2)cc1OC. The molecule has 1 aliphatic heterocycles. The number of methoxy groups -OCH3 is 2. The van der Waals surface area contributed by atoms with Crippen LogP contribution in [0.4, 0.5) is 0 Å². The topological polar surface area (TPSA) is 84.9 Å². The Morgan fingerprint density at radius 2 is 1.83 bits per heavy atom. The summed E-state index contributed by atoms with van der Waals surface area (Å²) >= 11 is 0. The van der Waals surface area contributed by atoms with E-state index in [4.69, 9.17) is 9.47 Å². The first-order chi connectivity index (χ1) is 11.0. The number of hydrogen-bond acceptors (Lipinski definition) is 5. The van der Waals surface area contributed by atoms with Gasteiger partial charge in [0.05, 0.1) is 20.0 Å². The summed E-state index contributed by atoms with van der Waals surface area (Å²) in [6.45, 7) is 1.23. The monoisotopic (exact) mass is 342 g/mol. The third-order valence-corrected chi connectivity index (χ3v) is 5.62. The number of carbonyl (C=O) groups is 1. The van der Waals surface area contributed by atoms with Crippen LogP contribution >= 0.6 is 0 Å². The van der Waals surface area contributed by atoms with Crippen molar-refractivity contribution in [2.45, 2.75) is 12.8 Å². The Morgan fingerprint density at radius 3 is 2.43 bits per heavy atom. The predicted octanol–water partition coefficient (Wildman–Crippen LogP) is 0.859. The third kappa shape index (κ3) is 4.35. The molecule has 23 heavy (non-hydrogen) atoms. The standard InChI is InChI=1S/C15H22N2O5S/c1-21-13-6-5-12(11-14(13)22-2)15(18)16-7-10-23(19,20)17-8-3-4-9-17/h5-6,11H,3-4,7-10H2,1-2H3,(H,16,18). The maximum absolute atomic E-state index is 12.1. The number of carbonyl (C=O) groups excluding carboxylic acids is 1. The van der Waals surface area contributed by atoms with E-state index in [0.717, 1.165) is 12.8 Å². The van der Waals surface area contributed by atoms with Crippen LogP contribution in [0.2, 0.25) is 0 Å². The number of rotatable bonds is 7. The van der Waals surface area contributed by atoms with Crippen molar-refractivity contribution in [3.05, 3.63) is 23.8 Å². The van der Waals surface area contributed by atoms with Gasteiger partial charge >= 0.3 is 0 Å². The molecular formula is C15H22N2O5S. The first-order valence-electron chi connectivity index (χ1n) is 7.46. The minimum absolute atomic E-state index is 0.0754. The highest BCUT2D eigenvalue weighted by atomic mass is 32.2. The second kappa shape index (κ2) is 7.65. The number of benzene rings is 1. The smallest absolute Gasteiger partial charge is 0.251 e. The molecule has 1 saturated heterocycles. The van der Waals surface area contributed by atoms with Gasteiger partial charge in [-0.05, 0) is 31.0 Å². The van der Waals surface area contributed by atoms with Gasteiger partial charge in [0, 0.05) is 25.2 Å². The number of sulfonamides is 1. The molecule has 0 atom stereocenters. The lowest BCUT2D eigenvalue weighted by Gasteiger charge is -2.15. The summed E-state index contributed by atoms with van der Waals surface area (Å²) in [6, 6.07) is 4.80. The fraction of sp³-hybridized carbons (Fsp3) is 0.533. The summed E-state index contributed by atoms with van der Waals surface area (Å²) in [5.74, 6) is 0.541. The zero-order chi connectivity index (χ0) is 16.9. The van der Waals surface area contributed by atoms with E-state index < -0.39 is 10.0 Å². The fourth-order valence-corrected chi connectivity index (χ4v) is 3.90. The van der Waals surface area contributed by atoms with Crippen molar-refractivity contribution in [1.29, 1.82) is 0 Å². The molecule has 1 amide bonds. The van der Waals surface area contributed by atoms with Gasteiger partial charge in [-0.1, -0.05) is 0 Å². The van der Waals surface area contributed by atoms with E-state index >= 15 is 0 Å². The predicted molar refractivity (Wildman–Crippen MR) is 86.5 cm³/mol. The Balaban J connectivity index is 1.92. The maximum atomic E-state index is 12.1. The molecule has 1 aromatic carbocycles. The molecule has 8 heteroatoms. The Bertz CT molecular complexity index is 654. The molecule has 0 bridgehead atoms. The Hall–Kier alpha value is -1.80. The average Bonchev–Trinajstić information content (AvgIpc) is 3.09. The van der Waals surface area contributed by atoms with Crippen molar-refractivity contribution in [3.63, 3.8) is 0 Å². The number of nitrogens with zero attached hydrogens (tertiary/aromatic N) is 1. The summed E-state index contributed by atoms with van der Waals surface area (Å²) < 4.78 is 35.9. The van der Waals surface area contributed by atoms with Gasteiger partial charge in [0.1, 0.15) is 0 Å². The lowest BCUT2D eigenvalue weighted by molar-refractivity contribution is 0.0955. The lowest BCUT2D eigenvalue weighted by Crippen LogP contribution is -2.36. The molecule has 128 valence electrons. The first kappa shape index (κ1) is 17.6. The van der Waals surface area contributed by atoms with Gasteiger partial charge in [-0.3, -0.25) is 4.79 Å². The molecule has 2 rings (SSSR count). The normalized spacial score (nSPS) is 15.4. The quantitative estimate of drug-likeness (QED) is 0.794. The van der Waals surface area contributed by atoms with Crippen LogP contribution < -0.4 is 14.8 Å². The second-order valence-electron chi connectivity index (χ2n) is 5.25. The molecule has 0 aliphatic carbocycles. The van der Waals surface area contributed by atoms with E-state index in [1.807, 2.05) is 0 Å². The summed E-state index contributed by atoms with van der Waals surface area (Å²) in [5, 5.41) is 2.63. The summed E-state index contributed by atoms with van der Waals surface area (Å²) in [6.07, 6.45) is 1.80. The minimum atomic E-state index is -3.29. The third-order valence-electron chi connectivity index (χ3n) is 3.75. The summed E-state index contributed by atoms with van der Waals surface area (Å²) in [7, 11) is -0.284. The van der Waals surface area contributed by atoms with Crippen LogP contribution in [0.1, 0.15) is 23.2 Å². The molecule has 1 fully saturated rings. The highest BCUT2D eigenvalue weighted by molar-refractivity contribution is 7.89. The molecule has 7 nitrogen and oxygen atoms in total. The molecular weight excluding hydrogens is 320 g/mol. The zero-order valence-corrected chi connectivity index (χ0v) is 14.2. The Kier molecular flexibility index (Phi) is 5.84. The number of hydrogen-bond donors (Lipinski definition) is 1. The van der Waals surface area contributed by atoms with Gasteiger partial charge in [0.15, 0.2) is 11.5 Å². The van der Waals surface area contributed by atoms with Crippen LogP contribution in [-0.4, -0.2) is 58.2 Å². The van der Waals surface area contributed by atoms with E-state index in [1.54, 1.807) is 18.2 Å². The number of nitrogens with one attached hydrogen (secondary N) is 1. The van der Waals surface area contributed by atoms with E-state index in [-0.39, 0.29) is 18.2 Å². The van der Waals surface area contributed by atoms with Gasteiger partial charge in [-0.25, -0.2) is 12.7 Å². The van der Waals surface area contributed by atoms with Crippen LogP contribution in [0.25, 0.3) is 0 Å². The van der Waals surface area contributed by atoms with Gasteiger partial charge in [-0.2, -0.15) is 0 Å². The molecule has 1 N–H and O–H groups in total. The van der Waals surface area contributed by atoms with Crippen LogP contribution in [0.5, 0.6) is 11.5 Å². The highest BCUT2D eigenvalue weighted by Gasteiger charge is 2.24. The van der Waals surface area contributed by atoms with E-state index in [2.05, 4.69) is 5.32 Å². The van der Waals surface area contributed by atoms with Crippen molar-refractivity contribution < 1.29 is 22.7 Å². The molecule has 0 aromatic heterocycles. The summed E-state index contributed by atoms with van der Waals surface area (Å²) in [5.41, 5.74) is 0.390. The Morgan fingerprint density at radius 1 is 1.17 bits per heavy atom. The van der Waals surface area contributed by atoms with E-state index in [9.17, 15) is 13.2 Å². The molecule has 0 saturated carbocycles.